The monoisotopic (exact) mass is 552 g/mol. The maximum Gasteiger partial charge on any atom is 0.321 e. The highest BCUT2D eigenvalue weighted by Gasteiger charge is 2.67. The summed E-state index contributed by atoms with van der Waals surface area (Å²) in [4.78, 5) is 19.4. The lowest BCUT2D eigenvalue weighted by molar-refractivity contribution is 0.00817. The first kappa shape index (κ1) is 23.9. The van der Waals surface area contributed by atoms with Crippen molar-refractivity contribution in [2.45, 2.75) is 55.7 Å². The van der Waals surface area contributed by atoms with Crippen molar-refractivity contribution in [3.05, 3.63) is 29.0 Å². The topological polar surface area (TPSA) is 95.9 Å². The van der Waals surface area contributed by atoms with Crippen LogP contribution in [0.5, 0.6) is 17.5 Å². The van der Waals surface area contributed by atoms with Gasteiger partial charge >= 0.3 is 6.01 Å². The molecule has 8 rings (SSSR count). The number of phenolic OH excluding ortho intramolecular Hbond substituents is 1. The van der Waals surface area contributed by atoms with E-state index in [1.165, 1.54) is 31.0 Å². The van der Waals surface area contributed by atoms with E-state index >= 15 is 0 Å². The summed E-state index contributed by atoms with van der Waals surface area (Å²) >= 11 is 6.85. The summed E-state index contributed by atoms with van der Waals surface area (Å²) in [6.45, 7) is 4.86. The van der Waals surface area contributed by atoms with E-state index in [1.807, 2.05) is 0 Å². The Bertz CT molecular complexity index is 1470. The molecule has 1 aliphatic carbocycles. The normalized spacial score (nSPS) is 24.7. The van der Waals surface area contributed by atoms with Crippen LogP contribution in [0.2, 0.25) is 5.02 Å². The molecule has 4 fully saturated rings. The summed E-state index contributed by atoms with van der Waals surface area (Å²) in [5.41, 5.74) is 0.0607. The van der Waals surface area contributed by atoms with Gasteiger partial charge in [-0.15, -0.1) is 0 Å². The zero-order valence-electron chi connectivity index (χ0n) is 21.6. The SMILES string of the molecule is Oc1cccc(F)c1-c1nc2nc(OC3(C45CCCN4CCC5)CC3)nc3c2c(c1Cl)OCC1CNCCN31. The Morgan fingerprint density at radius 1 is 1.10 bits per heavy atom. The second-order valence-electron chi connectivity index (χ2n) is 11.5. The van der Waals surface area contributed by atoms with Crippen LogP contribution in [0.15, 0.2) is 18.2 Å². The Kier molecular flexibility index (Phi) is 5.22. The molecule has 1 unspecified atom stereocenters. The van der Waals surface area contributed by atoms with Gasteiger partial charge in [-0.3, -0.25) is 4.90 Å². The lowest BCUT2D eigenvalue weighted by atomic mass is 9.85. The molecular weight excluding hydrogens is 523 g/mol. The molecule has 2 N–H and O–H groups in total. The van der Waals surface area contributed by atoms with Gasteiger partial charge in [0.05, 0.1) is 17.1 Å². The van der Waals surface area contributed by atoms with Crippen molar-refractivity contribution in [1.82, 2.24) is 25.2 Å². The van der Waals surface area contributed by atoms with Crippen molar-refractivity contribution in [3.63, 3.8) is 0 Å². The van der Waals surface area contributed by atoms with Crippen LogP contribution in [0.1, 0.15) is 38.5 Å². The first-order chi connectivity index (χ1) is 19.0. The number of benzene rings is 1. The van der Waals surface area contributed by atoms with E-state index in [2.05, 4.69) is 15.1 Å². The van der Waals surface area contributed by atoms with Gasteiger partial charge in [-0.1, -0.05) is 17.7 Å². The number of nitrogens with zero attached hydrogens (tertiary/aromatic N) is 5. The summed E-state index contributed by atoms with van der Waals surface area (Å²) < 4.78 is 28.1. The summed E-state index contributed by atoms with van der Waals surface area (Å²) in [6.07, 6.45) is 6.60. The third-order valence-electron chi connectivity index (χ3n) is 9.45. The molecule has 3 saturated heterocycles. The number of hydrogen-bond donors (Lipinski definition) is 2. The molecule has 2 aromatic heterocycles. The number of aromatic hydroxyl groups is 1. The van der Waals surface area contributed by atoms with Gasteiger partial charge in [0.2, 0.25) is 0 Å². The highest BCUT2D eigenvalue weighted by atomic mass is 35.5. The Labute approximate surface area is 230 Å². The van der Waals surface area contributed by atoms with Crippen molar-refractivity contribution in [1.29, 1.82) is 0 Å². The third kappa shape index (κ3) is 3.40. The standard InChI is InChI=1S/C28H30ClFN6O3/c29-21-22(19-17(30)4-1-5-18(19)37)32-24-20-23(21)38-15-16-14-31-10-13-36(16)25(20)34-26(33-24)39-28(8-9-28)27-6-2-11-35(27)12-3-7-27/h1,4-5,16,31,37H,2-3,6-15H2. The number of ether oxygens (including phenoxy) is 2. The smallest absolute Gasteiger partial charge is 0.321 e. The average Bonchev–Trinajstić information content (AvgIpc) is 3.45. The Hall–Kier alpha value is -2.95. The zero-order valence-corrected chi connectivity index (χ0v) is 22.3. The van der Waals surface area contributed by atoms with Gasteiger partial charge in [-0.25, -0.2) is 9.37 Å². The van der Waals surface area contributed by atoms with E-state index in [1.54, 1.807) is 0 Å². The van der Waals surface area contributed by atoms with Gasteiger partial charge in [0.25, 0.3) is 0 Å². The molecule has 3 aromatic rings. The Morgan fingerprint density at radius 3 is 2.69 bits per heavy atom. The average molecular weight is 553 g/mol. The number of piperazine rings is 1. The minimum Gasteiger partial charge on any atom is -0.507 e. The molecule has 1 aromatic carbocycles. The molecule has 4 aliphatic heterocycles. The number of aromatic nitrogens is 3. The van der Waals surface area contributed by atoms with E-state index in [0.29, 0.717) is 29.2 Å². The molecule has 204 valence electrons. The second kappa shape index (κ2) is 8.52. The first-order valence-electron chi connectivity index (χ1n) is 13.9. The summed E-state index contributed by atoms with van der Waals surface area (Å²) in [5, 5.41) is 14.7. The highest BCUT2D eigenvalue weighted by molar-refractivity contribution is 6.36. The zero-order chi connectivity index (χ0) is 26.4. The van der Waals surface area contributed by atoms with Gasteiger partial charge < -0.3 is 24.8 Å². The molecular formula is C28H30ClFN6O3. The van der Waals surface area contributed by atoms with Crippen LogP contribution >= 0.6 is 11.6 Å². The third-order valence-corrected chi connectivity index (χ3v) is 9.80. The number of rotatable bonds is 4. The van der Waals surface area contributed by atoms with Crippen LogP contribution in [0, 0.1) is 5.82 Å². The number of nitrogens with one attached hydrogen (secondary N) is 1. The fraction of sp³-hybridized carbons (Fsp3) is 0.536. The molecule has 0 spiro atoms. The molecule has 1 atom stereocenters. The largest absolute Gasteiger partial charge is 0.507 e. The second-order valence-corrected chi connectivity index (χ2v) is 11.8. The number of anilines is 1. The van der Waals surface area contributed by atoms with E-state index < -0.39 is 5.82 Å². The quantitative estimate of drug-likeness (QED) is 0.499. The fourth-order valence-corrected chi connectivity index (χ4v) is 7.83. The lowest BCUT2D eigenvalue weighted by Crippen LogP contribution is -2.54. The molecule has 0 radical (unpaired) electrons. The summed E-state index contributed by atoms with van der Waals surface area (Å²) in [7, 11) is 0. The molecule has 9 nitrogen and oxygen atoms in total. The first-order valence-corrected chi connectivity index (χ1v) is 14.3. The molecule has 5 aliphatic rings. The van der Waals surface area contributed by atoms with Crippen LogP contribution in [0.3, 0.4) is 0 Å². The van der Waals surface area contributed by atoms with E-state index in [4.69, 9.17) is 36.0 Å². The molecule has 0 bridgehead atoms. The van der Waals surface area contributed by atoms with Gasteiger partial charge in [0.15, 0.2) is 11.4 Å². The van der Waals surface area contributed by atoms with Crippen molar-refractivity contribution in [2.75, 3.05) is 44.2 Å². The van der Waals surface area contributed by atoms with Crippen LogP contribution in [0.25, 0.3) is 22.3 Å². The van der Waals surface area contributed by atoms with E-state index in [0.717, 1.165) is 58.4 Å². The van der Waals surface area contributed by atoms with Gasteiger partial charge in [-0.05, 0) is 63.7 Å². The number of pyridine rings is 1. The van der Waals surface area contributed by atoms with Crippen molar-refractivity contribution >= 4 is 28.5 Å². The fourth-order valence-electron chi connectivity index (χ4n) is 7.54. The number of halogens is 2. The minimum absolute atomic E-state index is 0.0205. The van der Waals surface area contributed by atoms with Crippen molar-refractivity contribution in [2.24, 2.45) is 0 Å². The summed E-state index contributed by atoms with van der Waals surface area (Å²) in [5.74, 6) is 0.148. The van der Waals surface area contributed by atoms with Gasteiger partial charge in [0.1, 0.15) is 45.7 Å². The molecule has 6 heterocycles. The number of fused-ring (bicyclic) bond motifs is 3. The van der Waals surface area contributed by atoms with Crippen LogP contribution < -0.4 is 19.7 Å². The predicted octanol–water partition coefficient (Wildman–Crippen LogP) is 3.90. The molecule has 0 amide bonds. The van der Waals surface area contributed by atoms with E-state index in [-0.39, 0.29) is 45.2 Å². The van der Waals surface area contributed by atoms with Gasteiger partial charge in [0, 0.05) is 19.6 Å². The lowest BCUT2D eigenvalue weighted by Gasteiger charge is -2.40. The maximum atomic E-state index is 15.0. The van der Waals surface area contributed by atoms with Crippen LogP contribution in [-0.4, -0.2) is 81.5 Å². The number of phenols is 1. The Balaban J connectivity index is 1.32. The number of hydrogen-bond acceptors (Lipinski definition) is 9. The van der Waals surface area contributed by atoms with Gasteiger partial charge in [-0.2, -0.15) is 9.97 Å². The van der Waals surface area contributed by atoms with Crippen molar-refractivity contribution < 1.29 is 19.0 Å². The highest BCUT2D eigenvalue weighted by Crippen LogP contribution is 2.59. The molecule has 1 saturated carbocycles. The molecule has 39 heavy (non-hydrogen) atoms. The Morgan fingerprint density at radius 2 is 1.92 bits per heavy atom. The van der Waals surface area contributed by atoms with Crippen molar-refractivity contribution in [3.8, 4) is 28.8 Å². The van der Waals surface area contributed by atoms with Crippen LogP contribution in [0.4, 0.5) is 10.2 Å². The summed E-state index contributed by atoms with van der Waals surface area (Å²) in [6, 6.07) is 4.43. The molecule has 11 heteroatoms. The van der Waals surface area contributed by atoms with E-state index in [9.17, 15) is 9.50 Å². The predicted molar refractivity (Wildman–Crippen MR) is 144 cm³/mol. The minimum atomic E-state index is -0.629. The van der Waals surface area contributed by atoms with Crippen LogP contribution in [-0.2, 0) is 0 Å². The maximum absolute atomic E-state index is 15.0.